The maximum absolute atomic E-state index is 4.27. The molecule has 0 aliphatic carbocycles. The van der Waals surface area contributed by atoms with E-state index in [0.717, 1.165) is 18.4 Å². The Morgan fingerprint density at radius 2 is 2.42 bits per heavy atom. The first-order valence-electron chi connectivity index (χ1n) is 4.78. The van der Waals surface area contributed by atoms with Gasteiger partial charge in [-0.1, -0.05) is 13.8 Å². The van der Waals surface area contributed by atoms with Gasteiger partial charge in [-0.15, -0.1) is 0 Å². The molecule has 0 spiro atoms. The van der Waals surface area contributed by atoms with Gasteiger partial charge in [0.15, 0.2) is 0 Å². The van der Waals surface area contributed by atoms with Crippen LogP contribution in [0.5, 0.6) is 0 Å². The number of aromatic nitrogens is 2. The van der Waals surface area contributed by atoms with E-state index in [1.807, 2.05) is 6.20 Å². The second-order valence-corrected chi connectivity index (χ2v) is 4.04. The number of fused-ring (bicyclic) bond motifs is 1. The lowest BCUT2D eigenvalue weighted by atomic mass is 9.86. The first-order valence-corrected chi connectivity index (χ1v) is 4.78. The van der Waals surface area contributed by atoms with E-state index >= 15 is 0 Å². The van der Waals surface area contributed by atoms with Crippen molar-refractivity contribution in [3.63, 3.8) is 0 Å². The van der Waals surface area contributed by atoms with Gasteiger partial charge in [-0.25, -0.2) is 0 Å². The van der Waals surface area contributed by atoms with Crippen LogP contribution in [0.3, 0.4) is 0 Å². The third kappa shape index (κ3) is 1.26. The number of hydrogen-bond donors (Lipinski definition) is 0. The first-order chi connectivity index (χ1) is 5.77. The summed E-state index contributed by atoms with van der Waals surface area (Å²) in [6, 6.07) is 2.15. The fourth-order valence-electron chi connectivity index (χ4n) is 1.96. The van der Waals surface area contributed by atoms with Crippen molar-refractivity contribution in [3.8, 4) is 0 Å². The lowest BCUT2D eigenvalue weighted by Gasteiger charge is -2.26. The molecule has 12 heavy (non-hydrogen) atoms. The summed E-state index contributed by atoms with van der Waals surface area (Å²) in [5.74, 6) is 1.68. The molecule has 0 radical (unpaired) electrons. The number of aryl methyl sites for hydroxylation is 1. The molecule has 2 rings (SSSR count). The Labute approximate surface area is 73.6 Å². The molecule has 1 atom stereocenters. The van der Waals surface area contributed by atoms with Crippen LogP contribution in [-0.4, -0.2) is 9.78 Å². The van der Waals surface area contributed by atoms with Crippen LogP contribution in [0.25, 0.3) is 0 Å². The Morgan fingerprint density at radius 1 is 1.58 bits per heavy atom. The van der Waals surface area contributed by atoms with E-state index in [-0.39, 0.29) is 0 Å². The minimum Gasteiger partial charge on any atom is -0.270 e. The fraction of sp³-hybridized carbons (Fsp3) is 0.700. The smallest absolute Gasteiger partial charge is 0.0492 e. The second kappa shape index (κ2) is 2.92. The Morgan fingerprint density at radius 3 is 3.17 bits per heavy atom. The largest absolute Gasteiger partial charge is 0.270 e. The van der Waals surface area contributed by atoms with Gasteiger partial charge in [-0.2, -0.15) is 5.10 Å². The third-order valence-electron chi connectivity index (χ3n) is 2.93. The zero-order chi connectivity index (χ0) is 8.55. The topological polar surface area (TPSA) is 17.8 Å². The average Bonchev–Trinajstić information content (AvgIpc) is 2.49. The Bertz CT molecular complexity index is 263. The predicted molar refractivity (Wildman–Crippen MR) is 48.9 cm³/mol. The standard InChI is InChI=1S/C10H16N2/c1-8(2)9-4-6-12-10(7-9)3-5-11-12/h3,5,8-9H,4,6-7H2,1-2H3. The fourth-order valence-corrected chi connectivity index (χ4v) is 1.96. The molecule has 2 heterocycles. The molecule has 0 aromatic carbocycles. The van der Waals surface area contributed by atoms with E-state index in [4.69, 9.17) is 0 Å². The quantitative estimate of drug-likeness (QED) is 0.621. The molecule has 66 valence electrons. The van der Waals surface area contributed by atoms with Crippen LogP contribution in [-0.2, 0) is 13.0 Å². The highest BCUT2D eigenvalue weighted by Gasteiger charge is 2.20. The molecule has 0 bridgehead atoms. The third-order valence-corrected chi connectivity index (χ3v) is 2.93. The van der Waals surface area contributed by atoms with Gasteiger partial charge < -0.3 is 0 Å². The van der Waals surface area contributed by atoms with Gasteiger partial charge in [-0.3, -0.25) is 4.68 Å². The van der Waals surface area contributed by atoms with Crippen LogP contribution >= 0.6 is 0 Å². The molecule has 0 saturated heterocycles. The summed E-state index contributed by atoms with van der Waals surface area (Å²) in [4.78, 5) is 0. The summed E-state index contributed by atoms with van der Waals surface area (Å²) >= 11 is 0. The van der Waals surface area contributed by atoms with Gasteiger partial charge in [0.2, 0.25) is 0 Å². The molecule has 0 saturated carbocycles. The maximum Gasteiger partial charge on any atom is 0.0492 e. The summed E-state index contributed by atoms with van der Waals surface area (Å²) in [5.41, 5.74) is 1.42. The lowest BCUT2D eigenvalue weighted by Crippen LogP contribution is -2.23. The highest BCUT2D eigenvalue weighted by atomic mass is 15.3. The van der Waals surface area contributed by atoms with Crippen molar-refractivity contribution in [1.82, 2.24) is 9.78 Å². The molecular weight excluding hydrogens is 148 g/mol. The molecule has 0 N–H and O–H groups in total. The zero-order valence-electron chi connectivity index (χ0n) is 7.83. The van der Waals surface area contributed by atoms with E-state index in [2.05, 4.69) is 29.7 Å². The van der Waals surface area contributed by atoms with Crippen molar-refractivity contribution in [2.45, 2.75) is 33.2 Å². The minimum absolute atomic E-state index is 0.814. The van der Waals surface area contributed by atoms with E-state index in [1.54, 1.807) is 0 Å². The van der Waals surface area contributed by atoms with Gasteiger partial charge in [0.05, 0.1) is 0 Å². The predicted octanol–water partition coefficient (Wildman–Crippen LogP) is 2.10. The molecule has 1 aromatic rings. The molecule has 0 amide bonds. The van der Waals surface area contributed by atoms with E-state index in [9.17, 15) is 0 Å². The maximum atomic E-state index is 4.27. The van der Waals surface area contributed by atoms with Gasteiger partial charge in [0.25, 0.3) is 0 Å². The molecular formula is C10H16N2. The van der Waals surface area contributed by atoms with Crippen LogP contribution in [0.1, 0.15) is 26.0 Å². The van der Waals surface area contributed by atoms with Gasteiger partial charge >= 0.3 is 0 Å². The number of rotatable bonds is 1. The van der Waals surface area contributed by atoms with E-state index in [0.29, 0.717) is 0 Å². The van der Waals surface area contributed by atoms with Gasteiger partial charge in [-0.05, 0) is 30.7 Å². The van der Waals surface area contributed by atoms with Crippen molar-refractivity contribution in [3.05, 3.63) is 18.0 Å². The molecule has 1 aromatic heterocycles. The average molecular weight is 164 g/mol. The minimum atomic E-state index is 0.814. The van der Waals surface area contributed by atoms with Crippen LogP contribution in [0.4, 0.5) is 0 Å². The zero-order valence-corrected chi connectivity index (χ0v) is 7.83. The Kier molecular flexibility index (Phi) is 1.91. The summed E-state index contributed by atoms with van der Waals surface area (Å²) < 4.78 is 2.14. The van der Waals surface area contributed by atoms with E-state index in [1.165, 1.54) is 18.5 Å². The summed E-state index contributed by atoms with van der Waals surface area (Å²) in [5, 5.41) is 4.27. The molecule has 1 aliphatic rings. The number of hydrogen-bond acceptors (Lipinski definition) is 1. The SMILES string of the molecule is CC(C)C1CCn2nccc2C1. The molecule has 2 nitrogen and oxygen atoms in total. The van der Waals surface area contributed by atoms with Crippen molar-refractivity contribution in [1.29, 1.82) is 0 Å². The van der Waals surface area contributed by atoms with Crippen LogP contribution in [0, 0.1) is 11.8 Å². The Balaban J connectivity index is 2.15. The summed E-state index contributed by atoms with van der Waals surface area (Å²) in [7, 11) is 0. The van der Waals surface area contributed by atoms with Crippen LogP contribution in [0.15, 0.2) is 12.3 Å². The normalized spacial score (nSPS) is 22.8. The van der Waals surface area contributed by atoms with Crippen LogP contribution < -0.4 is 0 Å². The van der Waals surface area contributed by atoms with Crippen molar-refractivity contribution >= 4 is 0 Å². The Hall–Kier alpha value is -0.790. The summed E-state index contributed by atoms with van der Waals surface area (Å²) in [6.45, 7) is 5.75. The van der Waals surface area contributed by atoms with Gasteiger partial charge in [0, 0.05) is 18.4 Å². The van der Waals surface area contributed by atoms with Crippen molar-refractivity contribution in [2.75, 3.05) is 0 Å². The van der Waals surface area contributed by atoms with Crippen molar-refractivity contribution < 1.29 is 0 Å². The lowest BCUT2D eigenvalue weighted by molar-refractivity contribution is 0.291. The molecule has 1 aliphatic heterocycles. The molecule has 2 heteroatoms. The monoisotopic (exact) mass is 164 g/mol. The second-order valence-electron chi connectivity index (χ2n) is 4.04. The first kappa shape index (κ1) is 7.84. The van der Waals surface area contributed by atoms with Gasteiger partial charge in [0.1, 0.15) is 0 Å². The molecule has 1 unspecified atom stereocenters. The van der Waals surface area contributed by atoms with Crippen LogP contribution in [0.2, 0.25) is 0 Å². The van der Waals surface area contributed by atoms with Crippen molar-refractivity contribution in [2.24, 2.45) is 11.8 Å². The highest BCUT2D eigenvalue weighted by Crippen LogP contribution is 2.25. The molecule has 0 fully saturated rings. The summed E-state index contributed by atoms with van der Waals surface area (Å²) in [6.07, 6.45) is 4.43. The van der Waals surface area contributed by atoms with E-state index < -0.39 is 0 Å². The highest BCUT2D eigenvalue weighted by molar-refractivity contribution is 5.04. The number of nitrogens with zero attached hydrogens (tertiary/aromatic N) is 2.